The first-order valence-electron chi connectivity index (χ1n) is 6.89. The summed E-state index contributed by atoms with van der Waals surface area (Å²) in [6.45, 7) is 4.92. The van der Waals surface area contributed by atoms with Crippen LogP contribution in [0.1, 0.15) is 43.5 Å². The summed E-state index contributed by atoms with van der Waals surface area (Å²) in [6.07, 6.45) is 2.23. The molecule has 1 aromatic carbocycles. The number of carbonyl (C=O) groups excluding carboxylic acids is 1. The van der Waals surface area contributed by atoms with Crippen molar-refractivity contribution in [3.05, 3.63) is 23.8 Å². The molecule has 0 saturated heterocycles. The Kier molecular flexibility index (Phi) is 6.02. The average Bonchev–Trinajstić information content (AvgIpc) is 2.44. The third kappa shape index (κ3) is 4.53. The SMILES string of the molecule is COc1ccc(C(=O)CCC(C)(C)CCN)c(OC)c1. The molecular formula is C16H25NO3. The van der Waals surface area contributed by atoms with Crippen molar-refractivity contribution >= 4 is 5.78 Å². The van der Waals surface area contributed by atoms with E-state index in [1.165, 1.54) is 0 Å². The molecule has 20 heavy (non-hydrogen) atoms. The lowest BCUT2D eigenvalue weighted by Crippen LogP contribution is -2.18. The van der Waals surface area contributed by atoms with Gasteiger partial charge in [-0.25, -0.2) is 0 Å². The maximum absolute atomic E-state index is 12.3. The van der Waals surface area contributed by atoms with Crippen LogP contribution in [0, 0.1) is 5.41 Å². The highest BCUT2D eigenvalue weighted by atomic mass is 16.5. The van der Waals surface area contributed by atoms with E-state index in [9.17, 15) is 4.79 Å². The lowest BCUT2D eigenvalue weighted by atomic mass is 9.83. The second kappa shape index (κ2) is 7.29. The highest BCUT2D eigenvalue weighted by molar-refractivity contribution is 5.98. The van der Waals surface area contributed by atoms with Gasteiger partial charge >= 0.3 is 0 Å². The third-order valence-electron chi connectivity index (χ3n) is 3.56. The Morgan fingerprint density at radius 2 is 1.90 bits per heavy atom. The molecule has 0 radical (unpaired) electrons. The van der Waals surface area contributed by atoms with E-state index in [4.69, 9.17) is 15.2 Å². The first-order chi connectivity index (χ1) is 9.43. The molecule has 0 aromatic heterocycles. The van der Waals surface area contributed by atoms with E-state index in [1.54, 1.807) is 32.4 Å². The van der Waals surface area contributed by atoms with E-state index in [-0.39, 0.29) is 11.2 Å². The van der Waals surface area contributed by atoms with Crippen LogP contribution in [0.3, 0.4) is 0 Å². The number of rotatable bonds is 8. The third-order valence-corrected chi connectivity index (χ3v) is 3.56. The van der Waals surface area contributed by atoms with Gasteiger partial charge in [-0.05, 0) is 36.9 Å². The van der Waals surface area contributed by atoms with Crippen molar-refractivity contribution in [3.63, 3.8) is 0 Å². The molecular weight excluding hydrogens is 254 g/mol. The number of hydrogen-bond acceptors (Lipinski definition) is 4. The summed E-state index contributed by atoms with van der Waals surface area (Å²) in [4.78, 5) is 12.3. The predicted molar refractivity (Wildman–Crippen MR) is 80.6 cm³/mol. The number of methoxy groups -OCH3 is 2. The molecule has 0 spiro atoms. The van der Waals surface area contributed by atoms with Crippen molar-refractivity contribution in [1.29, 1.82) is 0 Å². The molecule has 4 heteroatoms. The molecule has 2 N–H and O–H groups in total. The normalized spacial score (nSPS) is 11.2. The molecule has 4 nitrogen and oxygen atoms in total. The molecule has 1 aromatic rings. The van der Waals surface area contributed by atoms with Crippen LogP contribution in [0.2, 0.25) is 0 Å². The minimum Gasteiger partial charge on any atom is -0.497 e. The predicted octanol–water partition coefficient (Wildman–Crippen LogP) is 3.04. The molecule has 0 unspecified atom stereocenters. The number of hydrogen-bond donors (Lipinski definition) is 1. The lowest BCUT2D eigenvalue weighted by molar-refractivity contribution is 0.0958. The van der Waals surface area contributed by atoms with Gasteiger partial charge in [0, 0.05) is 12.5 Å². The number of carbonyl (C=O) groups is 1. The summed E-state index contributed by atoms with van der Waals surface area (Å²) in [5.41, 5.74) is 6.29. The van der Waals surface area contributed by atoms with Crippen LogP contribution in [-0.4, -0.2) is 26.5 Å². The van der Waals surface area contributed by atoms with E-state index in [0.29, 0.717) is 30.0 Å². The van der Waals surface area contributed by atoms with Crippen LogP contribution in [0.15, 0.2) is 18.2 Å². The summed E-state index contributed by atoms with van der Waals surface area (Å²) in [6, 6.07) is 5.27. The Hall–Kier alpha value is -1.55. The Morgan fingerprint density at radius 1 is 1.20 bits per heavy atom. The van der Waals surface area contributed by atoms with E-state index >= 15 is 0 Å². The van der Waals surface area contributed by atoms with Crippen molar-refractivity contribution in [2.24, 2.45) is 11.1 Å². The van der Waals surface area contributed by atoms with Gasteiger partial charge < -0.3 is 15.2 Å². The highest BCUT2D eigenvalue weighted by Gasteiger charge is 2.20. The molecule has 0 amide bonds. The highest BCUT2D eigenvalue weighted by Crippen LogP contribution is 2.30. The van der Waals surface area contributed by atoms with Crippen LogP contribution in [0.4, 0.5) is 0 Å². The van der Waals surface area contributed by atoms with Crippen molar-refractivity contribution in [1.82, 2.24) is 0 Å². The standard InChI is InChI=1S/C16H25NO3/c1-16(2,9-10-17)8-7-14(18)13-6-5-12(19-3)11-15(13)20-4/h5-6,11H,7-10,17H2,1-4H3. The summed E-state index contributed by atoms with van der Waals surface area (Å²) >= 11 is 0. The summed E-state index contributed by atoms with van der Waals surface area (Å²) < 4.78 is 10.4. The first-order valence-corrected chi connectivity index (χ1v) is 6.89. The number of Topliss-reactive ketones (excluding diaryl/α,β-unsaturated/α-hetero) is 1. The quantitative estimate of drug-likeness (QED) is 0.743. The second-order valence-electron chi connectivity index (χ2n) is 5.69. The molecule has 0 atom stereocenters. The van der Waals surface area contributed by atoms with Gasteiger partial charge in [0.1, 0.15) is 11.5 Å². The average molecular weight is 279 g/mol. The van der Waals surface area contributed by atoms with E-state index in [2.05, 4.69) is 13.8 Å². The molecule has 112 valence electrons. The monoisotopic (exact) mass is 279 g/mol. The maximum Gasteiger partial charge on any atom is 0.166 e. The number of nitrogens with two attached hydrogens (primary N) is 1. The molecule has 0 saturated carbocycles. The van der Waals surface area contributed by atoms with E-state index < -0.39 is 0 Å². The van der Waals surface area contributed by atoms with Crippen molar-refractivity contribution in [3.8, 4) is 11.5 Å². The Morgan fingerprint density at radius 3 is 2.45 bits per heavy atom. The molecule has 0 aliphatic rings. The fourth-order valence-corrected chi connectivity index (χ4v) is 2.13. The molecule has 0 aliphatic heterocycles. The first kappa shape index (κ1) is 16.5. The second-order valence-corrected chi connectivity index (χ2v) is 5.69. The van der Waals surface area contributed by atoms with Gasteiger partial charge in [-0.1, -0.05) is 13.8 Å². The molecule has 0 bridgehead atoms. The fraction of sp³-hybridized carbons (Fsp3) is 0.562. The zero-order valence-corrected chi connectivity index (χ0v) is 12.9. The topological polar surface area (TPSA) is 61.5 Å². The van der Waals surface area contributed by atoms with Crippen LogP contribution >= 0.6 is 0 Å². The van der Waals surface area contributed by atoms with Gasteiger partial charge in [0.15, 0.2) is 5.78 Å². The van der Waals surface area contributed by atoms with E-state index in [1.807, 2.05) is 0 Å². The summed E-state index contributed by atoms with van der Waals surface area (Å²) in [5, 5.41) is 0. The fourth-order valence-electron chi connectivity index (χ4n) is 2.13. The smallest absolute Gasteiger partial charge is 0.166 e. The number of ether oxygens (including phenoxy) is 2. The van der Waals surface area contributed by atoms with Gasteiger partial charge in [0.05, 0.1) is 19.8 Å². The number of benzene rings is 1. The van der Waals surface area contributed by atoms with Crippen LogP contribution < -0.4 is 15.2 Å². The largest absolute Gasteiger partial charge is 0.497 e. The summed E-state index contributed by atoms with van der Waals surface area (Å²) in [7, 11) is 3.15. The minimum atomic E-state index is 0.0874. The molecule has 0 aliphatic carbocycles. The van der Waals surface area contributed by atoms with Crippen molar-refractivity contribution in [2.45, 2.75) is 33.1 Å². The number of ketones is 1. The lowest BCUT2D eigenvalue weighted by Gasteiger charge is -2.23. The Bertz CT molecular complexity index is 455. The summed E-state index contributed by atoms with van der Waals surface area (Å²) in [5.74, 6) is 1.34. The van der Waals surface area contributed by atoms with Crippen LogP contribution in [0.5, 0.6) is 11.5 Å². The zero-order valence-electron chi connectivity index (χ0n) is 12.9. The van der Waals surface area contributed by atoms with Gasteiger partial charge in [-0.2, -0.15) is 0 Å². The zero-order chi connectivity index (χ0) is 15.2. The molecule has 1 rings (SSSR count). The van der Waals surface area contributed by atoms with Crippen molar-refractivity contribution < 1.29 is 14.3 Å². The van der Waals surface area contributed by atoms with Crippen LogP contribution in [-0.2, 0) is 0 Å². The van der Waals surface area contributed by atoms with Gasteiger partial charge in [-0.3, -0.25) is 4.79 Å². The van der Waals surface area contributed by atoms with Gasteiger partial charge in [0.25, 0.3) is 0 Å². The van der Waals surface area contributed by atoms with Gasteiger partial charge in [-0.15, -0.1) is 0 Å². The van der Waals surface area contributed by atoms with Gasteiger partial charge in [0.2, 0.25) is 0 Å². The minimum absolute atomic E-state index is 0.0874. The Balaban J connectivity index is 2.77. The maximum atomic E-state index is 12.3. The molecule has 0 heterocycles. The van der Waals surface area contributed by atoms with E-state index in [0.717, 1.165) is 12.8 Å². The van der Waals surface area contributed by atoms with Crippen molar-refractivity contribution in [2.75, 3.05) is 20.8 Å². The van der Waals surface area contributed by atoms with Crippen LogP contribution in [0.25, 0.3) is 0 Å². The Labute approximate surface area is 121 Å². The molecule has 0 fully saturated rings.